The molecule has 0 aromatic heterocycles. The van der Waals surface area contributed by atoms with Crippen LogP contribution in [0.15, 0.2) is 0 Å². The van der Waals surface area contributed by atoms with E-state index in [4.69, 9.17) is 9.84 Å². The molecule has 0 radical (unpaired) electrons. The van der Waals surface area contributed by atoms with Crippen molar-refractivity contribution in [3.05, 3.63) is 0 Å². The van der Waals surface area contributed by atoms with Gasteiger partial charge in [-0.15, -0.1) is 0 Å². The molecule has 1 fully saturated rings. The van der Waals surface area contributed by atoms with Crippen molar-refractivity contribution in [2.75, 3.05) is 26.9 Å². The molecule has 1 N–H and O–H groups in total. The van der Waals surface area contributed by atoms with E-state index in [2.05, 4.69) is 11.8 Å². The van der Waals surface area contributed by atoms with E-state index >= 15 is 0 Å². The third kappa shape index (κ3) is 2.75. The summed E-state index contributed by atoms with van der Waals surface area (Å²) in [6.45, 7) is 3.00. The zero-order valence-electron chi connectivity index (χ0n) is 9.95. The fourth-order valence-electron chi connectivity index (χ4n) is 2.12. The number of carbonyl (C=O) groups is 1. The van der Waals surface area contributed by atoms with E-state index in [1.165, 1.54) is 0 Å². The number of carbonyl (C=O) groups excluding carboxylic acids is 1. The van der Waals surface area contributed by atoms with E-state index < -0.39 is 0 Å². The van der Waals surface area contributed by atoms with Gasteiger partial charge in [-0.1, -0.05) is 5.92 Å². The molecule has 0 saturated carbocycles. The van der Waals surface area contributed by atoms with Gasteiger partial charge in [-0.3, -0.25) is 4.79 Å². The zero-order chi connectivity index (χ0) is 12.0. The summed E-state index contributed by atoms with van der Waals surface area (Å²) in [4.78, 5) is 13.4. The van der Waals surface area contributed by atoms with Gasteiger partial charge in [0.2, 0.25) is 0 Å². The number of hydrogen-bond donors (Lipinski definition) is 1. The van der Waals surface area contributed by atoms with Crippen LogP contribution in [0.3, 0.4) is 0 Å². The Morgan fingerprint density at radius 2 is 2.12 bits per heavy atom. The van der Waals surface area contributed by atoms with Gasteiger partial charge in [0.1, 0.15) is 0 Å². The molecule has 0 atom stereocenters. The Morgan fingerprint density at radius 1 is 1.50 bits per heavy atom. The first-order valence-electron chi connectivity index (χ1n) is 5.55. The van der Waals surface area contributed by atoms with E-state index in [0.717, 1.165) is 12.8 Å². The van der Waals surface area contributed by atoms with Gasteiger partial charge in [0.05, 0.1) is 5.54 Å². The Bertz CT molecular complexity index is 292. The summed E-state index contributed by atoms with van der Waals surface area (Å²) in [7, 11) is 1.76. The molecule has 1 aliphatic heterocycles. The molecule has 90 valence electrons. The van der Waals surface area contributed by atoms with Crippen LogP contribution >= 0.6 is 0 Å². The number of rotatable bonds is 3. The van der Waals surface area contributed by atoms with Crippen LogP contribution in [0.2, 0.25) is 0 Å². The minimum Gasteiger partial charge on any atom is -0.396 e. The second-order valence-electron chi connectivity index (χ2n) is 4.05. The topological polar surface area (TPSA) is 49.8 Å². The van der Waals surface area contributed by atoms with Crippen LogP contribution in [0.25, 0.3) is 0 Å². The van der Waals surface area contributed by atoms with Crippen molar-refractivity contribution in [3.8, 4) is 11.8 Å². The Hall–Kier alpha value is -1.05. The van der Waals surface area contributed by atoms with Crippen molar-refractivity contribution < 1.29 is 14.6 Å². The molecule has 0 aromatic rings. The summed E-state index contributed by atoms with van der Waals surface area (Å²) in [6, 6.07) is 0. The molecule has 1 aliphatic rings. The van der Waals surface area contributed by atoms with E-state index in [1.807, 2.05) is 0 Å². The Balaban J connectivity index is 2.81. The molecule has 1 heterocycles. The maximum Gasteiger partial charge on any atom is 0.298 e. The van der Waals surface area contributed by atoms with Gasteiger partial charge in [-0.2, -0.15) is 0 Å². The fourth-order valence-corrected chi connectivity index (χ4v) is 2.12. The number of aliphatic hydroxyl groups is 1. The predicted molar refractivity (Wildman–Crippen MR) is 60.7 cm³/mol. The smallest absolute Gasteiger partial charge is 0.298 e. The lowest BCUT2D eigenvalue weighted by Crippen LogP contribution is -2.53. The third-order valence-electron chi connectivity index (χ3n) is 3.25. The molecule has 0 aliphatic carbocycles. The van der Waals surface area contributed by atoms with Crippen LogP contribution in [0, 0.1) is 11.8 Å². The first kappa shape index (κ1) is 13.0. The molecule has 0 bridgehead atoms. The molecule has 0 aromatic carbocycles. The van der Waals surface area contributed by atoms with Crippen molar-refractivity contribution in [2.24, 2.45) is 0 Å². The van der Waals surface area contributed by atoms with E-state index in [0.29, 0.717) is 19.6 Å². The number of amides is 1. The molecule has 0 spiro atoms. The van der Waals surface area contributed by atoms with Crippen LogP contribution in [0.5, 0.6) is 0 Å². The van der Waals surface area contributed by atoms with Crippen LogP contribution < -0.4 is 0 Å². The second kappa shape index (κ2) is 5.88. The lowest BCUT2D eigenvalue weighted by molar-refractivity contribution is -0.134. The molecular formula is C12H19NO3. The minimum atomic E-state index is -0.284. The van der Waals surface area contributed by atoms with Crippen LogP contribution in [0.1, 0.15) is 26.2 Å². The highest BCUT2D eigenvalue weighted by Crippen LogP contribution is 2.30. The Morgan fingerprint density at radius 3 is 2.62 bits per heavy atom. The summed E-state index contributed by atoms with van der Waals surface area (Å²) in [5, 5.41) is 9.13. The van der Waals surface area contributed by atoms with Gasteiger partial charge < -0.3 is 14.7 Å². The van der Waals surface area contributed by atoms with Gasteiger partial charge in [-0.25, -0.2) is 0 Å². The van der Waals surface area contributed by atoms with Crippen molar-refractivity contribution in [1.82, 2.24) is 4.90 Å². The largest absolute Gasteiger partial charge is 0.396 e. The number of hydrogen-bond acceptors (Lipinski definition) is 3. The lowest BCUT2D eigenvalue weighted by Gasteiger charge is -2.43. The Kier molecular flexibility index (Phi) is 4.78. The van der Waals surface area contributed by atoms with E-state index in [9.17, 15) is 4.79 Å². The summed E-state index contributed by atoms with van der Waals surface area (Å²) < 4.78 is 5.31. The average molecular weight is 225 g/mol. The SMILES string of the molecule is CC#CC(=O)N(C)C1(CCO)CCOCC1. The summed E-state index contributed by atoms with van der Waals surface area (Å²) >= 11 is 0. The maximum absolute atomic E-state index is 11.8. The highest BCUT2D eigenvalue weighted by molar-refractivity contribution is 5.93. The highest BCUT2D eigenvalue weighted by Gasteiger charge is 2.38. The summed E-state index contributed by atoms with van der Waals surface area (Å²) in [6.07, 6.45) is 2.12. The quantitative estimate of drug-likeness (QED) is 0.707. The number of aliphatic hydroxyl groups excluding tert-OH is 1. The number of ether oxygens (including phenoxy) is 1. The molecule has 1 rings (SSSR count). The fraction of sp³-hybridized carbons (Fsp3) is 0.750. The van der Waals surface area contributed by atoms with Crippen molar-refractivity contribution in [2.45, 2.75) is 31.7 Å². The highest BCUT2D eigenvalue weighted by atomic mass is 16.5. The van der Waals surface area contributed by atoms with Gasteiger partial charge in [0.15, 0.2) is 0 Å². The van der Waals surface area contributed by atoms with Crippen LogP contribution in [-0.4, -0.2) is 48.3 Å². The standard InChI is InChI=1S/C12H19NO3/c1-3-4-11(15)13(2)12(5-8-14)6-9-16-10-7-12/h14H,5-10H2,1-2H3. The van der Waals surface area contributed by atoms with Gasteiger partial charge >= 0.3 is 0 Å². The van der Waals surface area contributed by atoms with Crippen LogP contribution in [0.4, 0.5) is 0 Å². The Labute approximate surface area is 96.6 Å². The average Bonchev–Trinajstić information content (AvgIpc) is 2.30. The molecule has 4 heteroatoms. The lowest BCUT2D eigenvalue weighted by atomic mass is 9.85. The monoisotopic (exact) mass is 225 g/mol. The minimum absolute atomic E-state index is 0.0805. The van der Waals surface area contributed by atoms with E-state index in [-0.39, 0.29) is 18.1 Å². The molecule has 1 saturated heterocycles. The van der Waals surface area contributed by atoms with Gasteiger partial charge in [0.25, 0.3) is 5.91 Å². The van der Waals surface area contributed by atoms with Gasteiger partial charge in [0, 0.05) is 26.9 Å². The maximum atomic E-state index is 11.8. The molecule has 4 nitrogen and oxygen atoms in total. The predicted octanol–water partition coefficient (Wildman–Crippen LogP) is 0.400. The zero-order valence-corrected chi connectivity index (χ0v) is 9.95. The summed E-state index contributed by atoms with van der Waals surface area (Å²) in [5.41, 5.74) is -0.284. The second-order valence-corrected chi connectivity index (χ2v) is 4.05. The molecule has 1 amide bonds. The molecule has 0 unspecified atom stereocenters. The van der Waals surface area contributed by atoms with Crippen LogP contribution in [-0.2, 0) is 9.53 Å². The van der Waals surface area contributed by atoms with Crippen molar-refractivity contribution in [3.63, 3.8) is 0 Å². The summed E-state index contributed by atoms with van der Waals surface area (Å²) in [5.74, 6) is 4.97. The molecular weight excluding hydrogens is 206 g/mol. The normalized spacial score (nSPS) is 18.4. The first-order chi connectivity index (χ1) is 7.66. The molecule has 16 heavy (non-hydrogen) atoms. The van der Waals surface area contributed by atoms with Gasteiger partial charge in [-0.05, 0) is 32.1 Å². The van der Waals surface area contributed by atoms with Crippen molar-refractivity contribution >= 4 is 5.91 Å². The number of nitrogens with zero attached hydrogens (tertiary/aromatic N) is 1. The first-order valence-corrected chi connectivity index (χ1v) is 5.55. The van der Waals surface area contributed by atoms with E-state index in [1.54, 1.807) is 18.9 Å². The van der Waals surface area contributed by atoms with Crippen molar-refractivity contribution in [1.29, 1.82) is 0 Å². The third-order valence-corrected chi connectivity index (χ3v) is 3.25.